The number of nitrogens with two attached hydrogens (primary N) is 1. The number of hydrogen-bond acceptors (Lipinski definition) is 3. The Hall–Kier alpha value is -0.780. The van der Waals surface area contributed by atoms with Crippen LogP contribution in [0.15, 0.2) is 18.2 Å². The molecule has 0 spiro atoms. The van der Waals surface area contributed by atoms with Crippen LogP contribution in [-0.2, 0) is 10.0 Å². The van der Waals surface area contributed by atoms with Crippen LogP contribution in [0.1, 0.15) is 24.4 Å². The summed E-state index contributed by atoms with van der Waals surface area (Å²) in [5, 5.41) is 0.498. The zero-order valence-corrected chi connectivity index (χ0v) is 11.1. The third kappa shape index (κ3) is 2.56. The summed E-state index contributed by atoms with van der Waals surface area (Å²) in [6, 6.07) is 5.21. The van der Waals surface area contributed by atoms with E-state index >= 15 is 0 Å². The van der Waals surface area contributed by atoms with E-state index in [-0.39, 0.29) is 6.04 Å². The number of hydrogen-bond donors (Lipinski definition) is 1. The number of rotatable bonds is 2. The first-order valence-electron chi connectivity index (χ1n) is 5.41. The first-order chi connectivity index (χ1) is 7.89. The van der Waals surface area contributed by atoms with Crippen molar-refractivity contribution in [1.29, 1.82) is 0 Å². The van der Waals surface area contributed by atoms with E-state index in [2.05, 4.69) is 0 Å². The summed E-state index contributed by atoms with van der Waals surface area (Å²) in [4.78, 5) is 0. The molecule has 1 saturated heterocycles. The van der Waals surface area contributed by atoms with Crippen LogP contribution in [0.2, 0.25) is 5.02 Å². The maximum absolute atomic E-state index is 11.6. The van der Waals surface area contributed by atoms with E-state index in [1.165, 1.54) is 10.6 Å². The van der Waals surface area contributed by atoms with E-state index in [9.17, 15) is 8.42 Å². The van der Waals surface area contributed by atoms with Crippen LogP contribution in [-0.4, -0.2) is 25.5 Å². The summed E-state index contributed by atoms with van der Waals surface area (Å²) in [6.07, 6.45) is 2.94. The molecular weight excluding hydrogens is 260 g/mol. The Morgan fingerprint density at radius 1 is 1.47 bits per heavy atom. The van der Waals surface area contributed by atoms with Crippen molar-refractivity contribution < 1.29 is 8.42 Å². The van der Waals surface area contributed by atoms with Crippen molar-refractivity contribution in [3.63, 3.8) is 0 Å². The molecule has 6 heteroatoms. The second-order valence-electron chi connectivity index (χ2n) is 4.31. The molecule has 1 unspecified atom stereocenters. The van der Waals surface area contributed by atoms with Gasteiger partial charge < -0.3 is 5.73 Å². The first kappa shape index (κ1) is 12.7. The van der Waals surface area contributed by atoms with Gasteiger partial charge in [-0.1, -0.05) is 17.7 Å². The van der Waals surface area contributed by atoms with E-state index in [4.69, 9.17) is 17.3 Å². The van der Waals surface area contributed by atoms with Crippen LogP contribution in [0, 0.1) is 0 Å². The monoisotopic (exact) mass is 274 g/mol. The molecule has 17 heavy (non-hydrogen) atoms. The molecule has 1 heterocycles. The summed E-state index contributed by atoms with van der Waals surface area (Å²) in [5.74, 6) is 0. The van der Waals surface area contributed by atoms with E-state index < -0.39 is 10.0 Å². The van der Waals surface area contributed by atoms with Crippen LogP contribution in [0.4, 0.5) is 5.69 Å². The molecule has 1 aliphatic heterocycles. The minimum Gasteiger partial charge on any atom is -0.398 e. The number of anilines is 1. The molecule has 2 rings (SSSR count). The van der Waals surface area contributed by atoms with Crippen LogP contribution in [0.25, 0.3) is 0 Å². The van der Waals surface area contributed by atoms with E-state index in [0.29, 0.717) is 17.3 Å². The largest absolute Gasteiger partial charge is 0.398 e. The van der Waals surface area contributed by atoms with Crippen LogP contribution in [0.3, 0.4) is 0 Å². The van der Waals surface area contributed by atoms with Gasteiger partial charge in [0.25, 0.3) is 0 Å². The lowest BCUT2D eigenvalue weighted by atomic mass is 10.1. The zero-order valence-electron chi connectivity index (χ0n) is 9.56. The number of nitrogens with zero attached hydrogens (tertiary/aromatic N) is 1. The maximum atomic E-state index is 11.6. The van der Waals surface area contributed by atoms with Gasteiger partial charge in [-0.3, -0.25) is 0 Å². The van der Waals surface area contributed by atoms with Crippen LogP contribution in [0.5, 0.6) is 0 Å². The number of benzene rings is 1. The summed E-state index contributed by atoms with van der Waals surface area (Å²) in [7, 11) is -3.16. The average molecular weight is 275 g/mol. The van der Waals surface area contributed by atoms with Gasteiger partial charge in [-0.15, -0.1) is 0 Å². The Morgan fingerprint density at radius 2 is 2.18 bits per heavy atom. The van der Waals surface area contributed by atoms with E-state index in [1.54, 1.807) is 12.1 Å². The van der Waals surface area contributed by atoms with Gasteiger partial charge in [-0.25, -0.2) is 8.42 Å². The second-order valence-corrected chi connectivity index (χ2v) is 6.65. The van der Waals surface area contributed by atoms with Crippen molar-refractivity contribution in [2.45, 2.75) is 18.9 Å². The van der Waals surface area contributed by atoms with Crippen molar-refractivity contribution in [2.75, 3.05) is 18.5 Å². The van der Waals surface area contributed by atoms with Crippen molar-refractivity contribution >= 4 is 27.3 Å². The van der Waals surface area contributed by atoms with Crippen LogP contribution >= 0.6 is 11.6 Å². The predicted molar refractivity (Wildman–Crippen MR) is 69.4 cm³/mol. The molecule has 0 aromatic heterocycles. The van der Waals surface area contributed by atoms with Gasteiger partial charge >= 0.3 is 0 Å². The third-order valence-electron chi connectivity index (χ3n) is 3.03. The Labute approximate surface area is 106 Å². The highest BCUT2D eigenvalue weighted by Crippen LogP contribution is 2.35. The summed E-state index contributed by atoms with van der Waals surface area (Å²) >= 11 is 5.86. The van der Waals surface area contributed by atoms with Gasteiger partial charge in [-0.05, 0) is 30.5 Å². The van der Waals surface area contributed by atoms with Crippen molar-refractivity contribution in [1.82, 2.24) is 4.31 Å². The normalized spacial score (nSPS) is 21.9. The van der Waals surface area contributed by atoms with Crippen molar-refractivity contribution in [2.24, 2.45) is 0 Å². The molecule has 1 aromatic carbocycles. The number of nitrogen functional groups attached to an aromatic ring is 1. The molecule has 0 amide bonds. The highest BCUT2D eigenvalue weighted by molar-refractivity contribution is 7.88. The molecule has 2 N–H and O–H groups in total. The van der Waals surface area contributed by atoms with Crippen LogP contribution < -0.4 is 5.73 Å². The van der Waals surface area contributed by atoms with Gasteiger partial charge in [-0.2, -0.15) is 4.31 Å². The fraction of sp³-hybridized carbons (Fsp3) is 0.455. The van der Waals surface area contributed by atoms with E-state index in [0.717, 1.165) is 18.4 Å². The standard InChI is InChI=1S/C11H15ClN2O2S/c1-17(15,16)14-6-2-3-11(14)8-4-5-9(12)10(13)7-8/h4-5,7,11H,2-3,6,13H2,1H3. The summed E-state index contributed by atoms with van der Waals surface area (Å²) in [5.41, 5.74) is 7.15. The molecular formula is C11H15ClN2O2S. The number of sulfonamides is 1. The average Bonchev–Trinajstić information content (AvgIpc) is 2.70. The lowest BCUT2D eigenvalue weighted by molar-refractivity contribution is 0.400. The zero-order chi connectivity index (χ0) is 12.6. The Balaban J connectivity index is 2.36. The van der Waals surface area contributed by atoms with Crippen molar-refractivity contribution in [3.8, 4) is 0 Å². The maximum Gasteiger partial charge on any atom is 0.211 e. The topological polar surface area (TPSA) is 63.4 Å². The minimum absolute atomic E-state index is 0.107. The first-order valence-corrected chi connectivity index (χ1v) is 7.64. The molecule has 1 aromatic rings. The molecule has 94 valence electrons. The molecule has 4 nitrogen and oxygen atoms in total. The van der Waals surface area contributed by atoms with Crippen molar-refractivity contribution in [3.05, 3.63) is 28.8 Å². The Kier molecular flexibility index (Phi) is 3.34. The molecule has 0 saturated carbocycles. The van der Waals surface area contributed by atoms with Gasteiger partial charge in [0.15, 0.2) is 0 Å². The predicted octanol–water partition coefficient (Wildman–Crippen LogP) is 2.02. The Morgan fingerprint density at radius 3 is 2.76 bits per heavy atom. The SMILES string of the molecule is CS(=O)(=O)N1CCCC1c1ccc(Cl)c(N)c1. The van der Waals surface area contributed by atoms with Gasteiger partial charge in [0, 0.05) is 12.6 Å². The molecule has 0 bridgehead atoms. The minimum atomic E-state index is -3.16. The van der Waals surface area contributed by atoms with Gasteiger partial charge in [0.2, 0.25) is 10.0 Å². The molecule has 0 aliphatic carbocycles. The Bertz CT molecular complexity index is 530. The highest BCUT2D eigenvalue weighted by atomic mass is 35.5. The summed E-state index contributed by atoms with van der Waals surface area (Å²) in [6.45, 7) is 0.575. The molecule has 1 atom stereocenters. The fourth-order valence-corrected chi connectivity index (χ4v) is 3.51. The fourth-order valence-electron chi connectivity index (χ4n) is 2.24. The second kappa shape index (κ2) is 4.48. The number of halogens is 1. The molecule has 1 aliphatic rings. The lowest BCUT2D eigenvalue weighted by Gasteiger charge is -2.22. The third-order valence-corrected chi connectivity index (χ3v) is 4.67. The highest BCUT2D eigenvalue weighted by Gasteiger charge is 2.32. The summed E-state index contributed by atoms with van der Waals surface area (Å²) < 4.78 is 24.8. The van der Waals surface area contributed by atoms with E-state index in [1.807, 2.05) is 6.07 Å². The lowest BCUT2D eigenvalue weighted by Crippen LogP contribution is -2.29. The smallest absolute Gasteiger partial charge is 0.211 e. The van der Waals surface area contributed by atoms with Gasteiger partial charge in [0.1, 0.15) is 0 Å². The quantitative estimate of drug-likeness (QED) is 0.839. The molecule has 1 fully saturated rings. The van der Waals surface area contributed by atoms with Gasteiger partial charge in [0.05, 0.1) is 17.0 Å². The molecule has 0 radical (unpaired) electrons.